The molecule has 2 aromatic rings. The first kappa shape index (κ1) is 20.6. The smallest absolute Gasteiger partial charge is 0.345 e. The van der Waals surface area contributed by atoms with E-state index in [2.05, 4.69) is 5.32 Å². The van der Waals surface area contributed by atoms with E-state index in [1.165, 1.54) is 25.3 Å². The van der Waals surface area contributed by atoms with E-state index < -0.39 is 40.5 Å². The topological polar surface area (TPSA) is 117 Å². The largest absolute Gasteiger partial charge is 0.493 e. The minimum absolute atomic E-state index is 0.0777. The maximum Gasteiger partial charge on any atom is 0.345 e. The summed E-state index contributed by atoms with van der Waals surface area (Å²) >= 11 is 0. The van der Waals surface area contributed by atoms with Crippen LogP contribution in [-0.2, 0) is 9.53 Å². The van der Waals surface area contributed by atoms with Gasteiger partial charge in [0.2, 0.25) is 0 Å². The second-order valence-corrected chi connectivity index (χ2v) is 5.34. The van der Waals surface area contributed by atoms with Crippen molar-refractivity contribution < 1.29 is 33.1 Å². The fraction of sp³-hybridized carbons (Fsp3) is 0.222. The molecule has 10 heteroatoms. The number of methoxy groups -OCH3 is 1. The number of carbonyl (C=O) groups excluding carboxylic acids is 2. The van der Waals surface area contributed by atoms with Crippen molar-refractivity contribution in [2.75, 3.05) is 25.6 Å². The zero-order valence-electron chi connectivity index (χ0n) is 15.1. The van der Waals surface area contributed by atoms with Crippen molar-refractivity contribution in [1.82, 2.24) is 0 Å². The predicted molar refractivity (Wildman–Crippen MR) is 96.1 cm³/mol. The van der Waals surface area contributed by atoms with Crippen molar-refractivity contribution in [1.29, 1.82) is 0 Å². The van der Waals surface area contributed by atoms with Gasteiger partial charge < -0.3 is 19.5 Å². The number of nitro groups is 1. The monoisotopic (exact) mass is 392 g/mol. The Morgan fingerprint density at radius 3 is 2.57 bits per heavy atom. The third kappa shape index (κ3) is 5.16. The van der Waals surface area contributed by atoms with E-state index >= 15 is 0 Å². The Labute approximate surface area is 159 Å². The molecule has 0 saturated carbocycles. The SMILES string of the molecule is CCOc1cc(C(=O)OCC(=O)Nc2cccc(F)c2)c([N+](=O)[O-])cc1OC. The average molecular weight is 392 g/mol. The number of hydrogen-bond donors (Lipinski definition) is 1. The molecule has 0 aliphatic rings. The number of ether oxygens (including phenoxy) is 3. The van der Waals surface area contributed by atoms with Crippen molar-refractivity contribution in [3.8, 4) is 11.5 Å². The number of amides is 1. The highest BCUT2D eigenvalue weighted by Crippen LogP contribution is 2.35. The molecule has 2 rings (SSSR count). The second kappa shape index (κ2) is 9.31. The van der Waals surface area contributed by atoms with E-state index in [1.807, 2.05) is 0 Å². The highest BCUT2D eigenvalue weighted by molar-refractivity contribution is 5.98. The second-order valence-electron chi connectivity index (χ2n) is 5.34. The molecule has 0 unspecified atom stereocenters. The van der Waals surface area contributed by atoms with Gasteiger partial charge in [0.25, 0.3) is 11.6 Å². The van der Waals surface area contributed by atoms with Crippen molar-refractivity contribution in [2.45, 2.75) is 6.92 Å². The maximum atomic E-state index is 13.1. The predicted octanol–water partition coefficient (Wildman–Crippen LogP) is 2.94. The van der Waals surface area contributed by atoms with E-state index in [4.69, 9.17) is 14.2 Å². The van der Waals surface area contributed by atoms with E-state index in [0.717, 1.165) is 18.2 Å². The van der Waals surface area contributed by atoms with Crippen LogP contribution in [0.25, 0.3) is 0 Å². The number of nitrogens with zero attached hydrogens (tertiary/aromatic N) is 1. The number of anilines is 1. The molecule has 9 nitrogen and oxygen atoms in total. The van der Waals surface area contributed by atoms with Crippen molar-refractivity contribution in [3.63, 3.8) is 0 Å². The Hall–Kier alpha value is -3.69. The average Bonchev–Trinajstić information content (AvgIpc) is 2.65. The van der Waals surface area contributed by atoms with Crippen molar-refractivity contribution in [3.05, 3.63) is 57.9 Å². The van der Waals surface area contributed by atoms with Crippen LogP contribution in [0.5, 0.6) is 11.5 Å². The van der Waals surface area contributed by atoms with E-state index in [-0.39, 0.29) is 23.8 Å². The van der Waals surface area contributed by atoms with Crippen LogP contribution in [0.4, 0.5) is 15.8 Å². The number of benzene rings is 2. The number of halogens is 1. The number of rotatable bonds is 8. The van der Waals surface area contributed by atoms with Gasteiger partial charge in [0.1, 0.15) is 11.4 Å². The van der Waals surface area contributed by atoms with Gasteiger partial charge in [-0.25, -0.2) is 9.18 Å². The summed E-state index contributed by atoms with van der Waals surface area (Å²) in [5.41, 5.74) is -0.779. The molecule has 0 aliphatic carbocycles. The summed E-state index contributed by atoms with van der Waals surface area (Å²) in [7, 11) is 1.30. The van der Waals surface area contributed by atoms with Gasteiger partial charge in [0.15, 0.2) is 18.1 Å². The maximum absolute atomic E-state index is 13.1. The summed E-state index contributed by atoms with van der Waals surface area (Å²) in [4.78, 5) is 34.6. The quantitative estimate of drug-likeness (QED) is 0.417. The van der Waals surface area contributed by atoms with Gasteiger partial charge in [0, 0.05) is 11.8 Å². The lowest BCUT2D eigenvalue weighted by atomic mass is 10.1. The Bertz CT molecular complexity index is 901. The van der Waals surface area contributed by atoms with Crippen LogP contribution >= 0.6 is 0 Å². The molecule has 28 heavy (non-hydrogen) atoms. The molecule has 0 bridgehead atoms. The van der Waals surface area contributed by atoms with Gasteiger partial charge in [-0.3, -0.25) is 14.9 Å². The summed E-state index contributed by atoms with van der Waals surface area (Å²) in [6.45, 7) is 1.21. The van der Waals surface area contributed by atoms with E-state index in [9.17, 15) is 24.1 Å². The molecule has 0 heterocycles. The molecular weight excluding hydrogens is 375 g/mol. The lowest BCUT2D eigenvalue weighted by Gasteiger charge is -2.12. The lowest BCUT2D eigenvalue weighted by Crippen LogP contribution is -2.21. The minimum atomic E-state index is -1.09. The van der Waals surface area contributed by atoms with Crippen molar-refractivity contribution in [2.24, 2.45) is 0 Å². The van der Waals surface area contributed by atoms with Crippen LogP contribution < -0.4 is 14.8 Å². The molecule has 0 aromatic heterocycles. The van der Waals surface area contributed by atoms with Crippen LogP contribution in [0.15, 0.2) is 36.4 Å². The lowest BCUT2D eigenvalue weighted by molar-refractivity contribution is -0.385. The molecule has 0 spiro atoms. The van der Waals surface area contributed by atoms with Crippen molar-refractivity contribution >= 4 is 23.3 Å². The minimum Gasteiger partial charge on any atom is -0.493 e. The molecule has 148 valence electrons. The fourth-order valence-electron chi connectivity index (χ4n) is 2.26. The number of esters is 1. The third-order valence-electron chi connectivity index (χ3n) is 3.44. The van der Waals surface area contributed by atoms with E-state index in [1.54, 1.807) is 6.92 Å². The molecule has 0 saturated heterocycles. The fourth-order valence-corrected chi connectivity index (χ4v) is 2.26. The molecule has 0 fully saturated rings. The molecule has 2 aromatic carbocycles. The normalized spacial score (nSPS) is 10.1. The van der Waals surface area contributed by atoms with Crippen LogP contribution in [0.3, 0.4) is 0 Å². The summed E-state index contributed by atoms with van der Waals surface area (Å²) in [6.07, 6.45) is 0. The molecule has 1 N–H and O–H groups in total. The Morgan fingerprint density at radius 1 is 1.21 bits per heavy atom. The molecular formula is C18H17FN2O7. The van der Waals surface area contributed by atoms with Gasteiger partial charge in [-0.05, 0) is 25.1 Å². The number of carbonyl (C=O) groups is 2. The first-order valence-corrected chi connectivity index (χ1v) is 8.07. The van der Waals surface area contributed by atoms with Gasteiger partial charge in [0.05, 0.1) is 24.7 Å². The van der Waals surface area contributed by atoms with Gasteiger partial charge >= 0.3 is 5.97 Å². The van der Waals surface area contributed by atoms with Crippen LogP contribution in [0, 0.1) is 15.9 Å². The van der Waals surface area contributed by atoms with Crippen LogP contribution in [0.1, 0.15) is 17.3 Å². The van der Waals surface area contributed by atoms with Gasteiger partial charge in [-0.1, -0.05) is 6.07 Å². The molecule has 0 aliphatic heterocycles. The first-order valence-electron chi connectivity index (χ1n) is 8.07. The third-order valence-corrected chi connectivity index (χ3v) is 3.44. The summed E-state index contributed by atoms with van der Waals surface area (Å²) < 4.78 is 28.3. The van der Waals surface area contributed by atoms with Crippen LogP contribution in [-0.4, -0.2) is 37.1 Å². The molecule has 0 radical (unpaired) electrons. The zero-order valence-corrected chi connectivity index (χ0v) is 15.1. The first-order chi connectivity index (χ1) is 13.3. The Kier molecular flexibility index (Phi) is 6.85. The zero-order chi connectivity index (χ0) is 20.7. The standard InChI is InChI=1S/C18H17FN2O7/c1-3-27-16-8-13(14(21(24)25)9-15(16)26-2)18(23)28-10-17(22)20-12-6-4-5-11(19)7-12/h4-9H,3,10H2,1-2H3,(H,20,22). The van der Waals surface area contributed by atoms with Gasteiger partial charge in [-0.2, -0.15) is 0 Å². The Morgan fingerprint density at radius 2 is 1.96 bits per heavy atom. The highest BCUT2D eigenvalue weighted by atomic mass is 19.1. The Balaban J connectivity index is 2.15. The van der Waals surface area contributed by atoms with E-state index in [0.29, 0.717) is 0 Å². The highest BCUT2D eigenvalue weighted by Gasteiger charge is 2.26. The summed E-state index contributed by atoms with van der Waals surface area (Å²) in [5.74, 6) is -2.18. The summed E-state index contributed by atoms with van der Waals surface area (Å²) in [6, 6.07) is 7.29. The number of nitro benzene ring substituents is 1. The molecule has 1 amide bonds. The van der Waals surface area contributed by atoms with Crippen LogP contribution in [0.2, 0.25) is 0 Å². The number of hydrogen-bond acceptors (Lipinski definition) is 7. The van der Waals surface area contributed by atoms with Gasteiger partial charge in [-0.15, -0.1) is 0 Å². The number of nitrogens with one attached hydrogen (secondary N) is 1. The summed E-state index contributed by atoms with van der Waals surface area (Å²) in [5, 5.41) is 13.6. The molecule has 0 atom stereocenters.